The molecular weight excluding hydrogens is 549 g/mol. The largest absolute Gasteiger partial charge is 0.497 e. The number of sulfonamides is 1. The van der Waals surface area contributed by atoms with Gasteiger partial charge in [-0.2, -0.15) is 0 Å². The predicted molar refractivity (Wildman–Crippen MR) is 153 cm³/mol. The van der Waals surface area contributed by atoms with Gasteiger partial charge in [-0.3, -0.25) is 13.9 Å². The number of hydrogen-bond acceptors (Lipinski definition) is 5. The summed E-state index contributed by atoms with van der Waals surface area (Å²) in [6, 6.07) is 11.1. The molecule has 210 valence electrons. The number of anilines is 1. The summed E-state index contributed by atoms with van der Waals surface area (Å²) in [6.45, 7) is 4.63. The van der Waals surface area contributed by atoms with Crippen LogP contribution in [-0.2, 0) is 26.2 Å². The maximum Gasteiger partial charge on any atom is 0.242 e. The van der Waals surface area contributed by atoms with E-state index in [2.05, 4.69) is 5.32 Å². The molecule has 0 aliphatic rings. The number of nitrogens with one attached hydrogen (secondary N) is 1. The summed E-state index contributed by atoms with van der Waals surface area (Å²) < 4.78 is 31.5. The Hall–Kier alpha value is -2.49. The molecule has 2 rings (SSSR count). The van der Waals surface area contributed by atoms with Crippen LogP contribution in [0.3, 0.4) is 0 Å². The molecule has 11 heteroatoms. The second-order valence-electron chi connectivity index (χ2n) is 8.97. The van der Waals surface area contributed by atoms with Crippen LogP contribution in [-0.4, -0.2) is 57.6 Å². The highest BCUT2D eigenvalue weighted by molar-refractivity contribution is 7.92. The molecule has 0 bridgehead atoms. The molecule has 38 heavy (non-hydrogen) atoms. The number of benzene rings is 2. The van der Waals surface area contributed by atoms with Gasteiger partial charge < -0.3 is 15.0 Å². The number of nitrogens with zero attached hydrogens (tertiary/aromatic N) is 2. The standard InChI is InChI=1S/C27H37Cl2N3O5S/c1-5-7-15-30-27(34)25(6-2)31(19-20-13-14-21(28)17-24(20)29)26(33)12-9-16-32(38(4,35)36)22-10-8-11-23(18-22)37-3/h8,10-11,13-14,17-18,25H,5-7,9,12,15-16,19H2,1-4H3,(H,30,34)/t25-/m0/s1. The molecule has 0 fully saturated rings. The Kier molecular flexibility index (Phi) is 12.7. The van der Waals surface area contributed by atoms with E-state index in [-0.39, 0.29) is 37.7 Å². The number of halogens is 2. The first-order chi connectivity index (χ1) is 18.0. The first-order valence-corrected chi connectivity index (χ1v) is 15.2. The number of carbonyl (C=O) groups excluding carboxylic acids is 2. The molecule has 2 aromatic rings. The Balaban J connectivity index is 2.24. The zero-order valence-electron chi connectivity index (χ0n) is 22.4. The highest BCUT2D eigenvalue weighted by Crippen LogP contribution is 2.26. The van der Waals surface area contributed by atoms with E-state index in [0.717, 1.165) is 19.1 Å². The van der Waals surface area contributed by atoms with E-state index < -0.39 is 16.1 Å². The Labute approximate surface area is 236 Å². The molecule has 1 N–H and O–H groups in total. The zero-order valence-corrected chi connectivity index (χ0v) is 24.7. The minimum absolute atomic E-state index is 0.0416. The molecular formula is C27H37Cl2N3O5S. The van der Waals surface area contributed by atoms with Crippen LogP contribution < -0.4 is 14.4 Å². The van der Waals surface area contributed by atoms with Crippen molar-refractivity contribution < 1.29 is 22.7 Å². The van der Waals surface area contributed by atoms with Crippen molar-refractivity contribution >= 4 is 50.7 Å². The van der Waals surface area contributed by atoms with Crippen LogP contribution in [0.4, 0.5) is 5.69 Å². The first-order valence-electron chi connectivity index (χ1n) is 12.6. The van der Waals surface area contributed by atoms with E-state index in [1.807, 2.05) is 13.8 Å². The van der Waals surface area contributed by atoms with Gasteiger partial charge in [-0.1, -0.05) is 55.6 Å². The fraction of sp³-hybridized carbons (Fsp3) is 0.481. The summed E-state index contributed by atoms with van der Waals surface area (Å²) in [7, 11) is -2.10. The second-order valence-corrected chi connectivity index (χ2v) is 11.7. The van der Waals surface area contributed by atoms with Gasteiger partial charge in [0, 0.05) is 42.2 Å². The molecule has 0 unspecified atom stereocenters. The number of rotatable bonds is 15. The van der Waals surface area contributed by atoms with Crippen molar-refractivity contribution in [3.8, 4) is 5.75 Å². The van der Waals surface area contributed by atoms with E-state index >= 15 is 0 Å². The predicted octanol–water partition coefficient (Wildman–Crippen LogP) is 5.27. The monoisotopic (exact) mass is 585 g/mol. The van der Waals surface area contributed by atoms with E-state index in [9.17, 15) is 18.0 Å². The minimum Gasteiger partial charge on any atom is -0.497 e. The fourth-order valence-electron chi connectivity index (χ4n) is 4.03. The molecule has 2 aromatic carbocycles. The number of ether oxygens (including phenoxy) is 1. The van der Waals surface area contributed by atoms with Crippen molar-refractivity contribution in [1.29, 1.82) is 0 Å². The van der Waals surface area contributed by atoms with E-state index in [4.69, 9.17) is 27.9 Å². The van der Waals surface area contributed by atoms with Crippen LogP contribution in [0.25, 0.3) is 0 Å². The number of methoxy groups -OCH3 is 1. The van der Waals surface area contributed by atoms with Gasteiger partial charge in [-0.05, 0) is 49.1 Å². The Morgan fingerprint density at radius 1 is 1.08 bits per heavy atom. The molecule has 0 spiro atoms. The van der Waals surface area contributed by atoms with Crippen molar-refractivity contribution in [2.75, 3.05) is 30.8 Å². The molecule has 0 aromatic heterocycles. The number of hydrogen-bond donors (Lipinski definition) is 1. The third-order valence-electron chi connectivity index (χ3n) is 6.06. The van der Waals surface area contributed by atoms with Gasteiger partial charge in [0.1, 0.15) is 11.8 Å². The molecule has 0 aliphatic heterocycles. The van der Waals surface area contributed by atoms with Crippen LogP contribution in [0.1, 0.15) is 51.5 Å². The smallest absolute Gasteiger partial charge is 0.242 e. The maximum absolute atomic E-state index is 13.5. The third-order valence-corrected chi connectivity index (χ3v) is 7.85. The molecule has 0 radical (unpaired) electrons. The van der Waals surface area contributed by atoms with Crippen LogP contribution in [0.5, 0.6) is 5.75 Å². The van der Waals surface area contributed by atoms with Gasteiger partial charge in [-0.15, -0.1) is 0 Å². The lowest BCUT2D eigenvalue weighted by molar-refractivity contribution is -0.141. The Bertz CT molecular complexity index is 1190. The van der Waals surface area contributed by atoms with Gasteiger partial charge >= 0.3 is 0 Å². The minimum atomic E-state index is -3.61. The van der Waals surface area contributed by atoms with Gasteiger partial charge in [0.05, 0.1) is 19.1 Å². The molecule has 8 nitrogen and oxygen atoms in total. The molecule has 2 amide bonds. The molecule has 1 atom stereocenters. The molecule has 0 saturated carbocycles. The fourth-order valence-corrected chi connectivity index (χ4v) is 5.45. The maximum atomic E-state index is 13.5. The normalized spacial score (nSPS) is 12.1. The summed E-state index contributed by atoms with van der Waals surface area (Å²) in [5.41, 5.74) is 1.12. The third kappa shape index (κ3) is 9.36. The van der Waals surface area contributed by atoms with Crippen LogP contribution in [0.2, 0.25) is 10.0 Å². The summed E-state index contributed by atoms with van der Waals surface area (Å²) in [5.74, 6) is 0.0271. The van der Waals surface area contributed by atoms with E-state index in [1.165, 1.54) is 16.3 Å². The second kappa shape index (κ2) is 15.2. The Morgan fingerprint density at radius 2 is 1.82 bits per heavy atom. The van der Waals surface area contributed by atoms with Crippen molar-refractivity contribution in [1.82, 2.24) is 10.2 Å². The highest BCUT2D eigenvalue weighted by Gasteiger charge is 2.29. The van der Waals surface area contributed by atoms with Gasteiger partial charge in [0.15, 0.2) is 0 Å². The Morgan fingerprint density at radius 3 is 2.42 bits per heavy atom. The van der Waals surface area contributed by atoms with Crippen molar-refractivity contribution in [2.45, 2.75) is 58.5 Å². The highest BCUT2D eigenvalue weighted by atomic mass is 35.5. The topological polar surface area (TPSA) is 96.0 Å². The average Bonchev–Trinajstić information content (AvgIpc) is 2.87. The average molecular weight is 587 g/mol. The lowest BCUT2D eigenvalue weighted by Crippen LogP contribution is -2.49. The van der Waals surface area contributed by atoms with Crippen LogP contribution in [0.15, 0.2) is 42.5 Å². The molecule has 0 saturated heterocycles. The summed E-state index contributed by atoms with van der Waals surface area (Å²) in [6.07, 6.45) is 3.60. The lowest BCUT2D eigenvalue weighted by atomic mass is 10.1. The first kappa shape index (κ1) is 31.7. The molecule has 0 heterocycles. The summed E-state index contributed by atoms with van der Waals surface area (Å²) in [4.78, 5) is 28.1. The quantitative estimate of drug-likeness (QED) is 0.287. The molecule has 0 aliphatic carbocycles. The number of carbonyl (C=O) groups is 2. The van der Waals surface area contributed by atoms with E-state index in [1.54, 1.807) is 42.5 Å². The van der Waals surface area contributed by atoms with Crippen molar-refractivity contribution in [3.05, 3.63) is 58.1 Å². The lowest BCUT2D eigenvalue weighted by Gasteiger charge is -2.31. The zero-order chi connectivity index (χ0) is 28.3. The summed E-state index contributed by atoms with van der Waals surface area (Å²) >= 11 is 12.4. The van der Waals surface area contributed by atoms with Gasteiger partial charge in [0.2, 0.25) is 21.8 Å². The van der Waals surface area contributed by atoms with Crippen molar-refractivity contribution in [3.63, 3.8) is 0 Å². The number of amides is 2. The van der Waals surface area contributed by atoms with Gasteiger partial charge in [-0.25, -0.2) is 8.42 Å². The van der Waals surface area contributed by atoms with Crippen molar-refractivity contribution in [2.24, 2.45) is 0 Å². The van der Waals surface area contributed by atoms with E-state index in [0.29, 0.717) is 40.0 Å². The summed E-state index contributed by atoms with van der Waals surface area (Å²) in [5, 5.41) is 3.79. The number of unbranched alkanes of at least 4 members (excludes halogenated alkanes) is 1. The van der Waals surface area contributed by atoms with Gasteiger partial charge in [0.25, 0.3) is 0 Å². The SMILES string of the molecule is CCCCNC(=O)[C@H](CC)N(Cc1ccc(Cl)cc1Cl)C(=O)CCCN(c1cccc(OC)c1)S(C)(=O)=O. The van der Waals surface area contributed by atoms with Crippen LogP contribution in [0, 0.1) is 0 Å². The van der Waals surface area contributed by atoms with Crippen LogP contribution >= 0.6 is 23.2 Å².